The average molecular weight is 472 g/mol. The predicted molar refractivity (Wildman–Crippen MR) is 124 cm³/mol. The molecule has 2 heterocycles. The van der Waals surface area contributed by atoms with Crippen LogP contribution in [0.2, 0.25) is 0 Å². The maximum absolute atomic E-state index is 13.1. The van der Waals surface area contributed by atoms with E-state index >= 15 is 0 Å². The number of amides is 1. The summed E-state index contributed by atoms with van der Waals surface area (Å²) in [5.41, 5.74) is 3.44. The molecule has 2 aromatic carbocycles. The lowest BCUT2D eigenvalue weighted by Crippen LogP contribution is -2.41. The smallest absolute Gasteiger partial charge is 0.243 e. The van der Waals surface area contributed by atoms with Crippen molar-refractivity contribution in [1.82, 2.24) is 14.6 Å². The van der Waals surface area contributed by atoms with Crippen LogP contribution >= 0.6 is 11.3 Å². The van der Waals surface area contributed by atoms with Gasteiger partial charge in [0.15, 0.2) is 0 Å². The first kappa shape index (κ1) is 22.6. The van der Waals surface area contributed by atoms with Crippen LogP contribution in [0.5, 0.6) is 0 Å². The molecule has 4 rings (SSSR count). The Bertz CT molecular complexity index is 1200. The molecule has 0 radical (unpaired) electrons. The van der Waals surface area contributed by atoms with E-state index in [1.807, 2.05) is 30.5 Å². The van der Waals surface area contributed by atoms with Gasteiger partial charge in [0.05, 0.1) is 30.2 Å². The second-order valence-electron chi connectivity index (χ2n) is 7.59. The zero-order valence-corrected chi connectivity index (χ0v) is 19.4. The molecule has 0 saturated carbocycles. The van der Waals surface area contributed by atoms with E-state index in [1.165, 1.54) is 15.6 Å². The first-order valence-electron chi connectivity index (χ1n) is 10.4. The summed E-state index contributed by atoms with van der Waals surface area (Å²) in [4.78, 5) is 17.3. The fourth-order valence-corrected chi connectivity index (χ4v) is 5.99. The van der Waals surface area contributed by atoms with Crippen LogP contribution in [0, 0.1) is 6.92 Å². The summed E-state index contributed by atoms with van der Waals surface area (Å²) in [5.74, 6) is -0.204. The van der Waals surface area contributed by atoms with E-state index in [1.54, 1.807) is 24.3 Å². The van der Waals surface area contributed by atoms with Gasteiger partial charge in [-0.15, -0.1) is 11.3 Å². The first-order valence-corrected chi connectivity index (χ1v) is 12.7. The second kappa shape index (κ2) is 9.91. The Morgan fingerprint density at radius 1 is 1.16 bits per heavy atom. The Hall–Kier alpha value is -2.59. The van der Waals surface area contributed by atoms with Crippen LogP contribution in [0.3, 0.4) is 0 Å². The van der Waals surface area contributed by atoms with Gasteiger partial charge >= 0.3 is 0 Å². The van der Waals surface area contributed by atoms with E-state index in [0.29, 0.717) is 37.6 Å². The minimum Gasteiger partial charge on any atom is -0.379 e. The van der Waals surface area contributed by atoms with Crippen molar-refractivity contribution in [3.05, 3.63) is 70.7 Å². The molecule has 1 aliphatic rings. The van der Waals surface area contributed by atoms with Gasteiger partial charge in [-0.3, -0.25) is 4.79 Å². The van der Waals surface area contributed by atoms with Crippen molar-refractivity contribution in [1.29, 1.82) is 0 Å². The lowest BCUT2D eigenvalue weighted by atomic mass is 10.1. The number of carbonyl (C=O) groups excluding carboxylic acids is 1. The van der Waals surface area contributed by atoms with E-state index in [9.17, 15) is 13.2 Å². The normalized spacial score (nSPS) is 14.9. The minimum atomic E-state index is -3.64. The largest absolute Gasteiger partial charge is 0.379 e. The number of aryl methyl sites for hydroxylation is 1. The van der Waals surface area contributed by atoms with E-state index in [0.717, 1.165) is 16.1 Å². The number of nitrogens with zero attached hydrogens (tertiary/aromatic N) is 2. The topological polar surface area (TPSA) is 88.6 Å². The Kier molecular flexibility index (Phi) is 7.00. The Morgan fingerprint density at radius 2 is 1.94 bits per heavy atom. The molecular weight excluding hydrogens is 446 g/mol. The Balaban J connectivity index is 1.41. The van der Waals surface area contributed by atoms with Gasteiger partial charge in [-0.2, -0.15) is 4.31 Å². The maximum atomic E-state index is 13.1. The van der Waals surface area contributed by atoms with Crippen molar-refractivity contribution in [2.45, 2.75) is 24.8 Å². The fraction of sp³-hybridized carbons (Fsp3) is 0.304. The zero-order valence-electron chi connectivity index (χ0n) is 17.8. The van der Waals surface area contributed by atoms with Crippen LogP contribution in [-0.2, 0) is 32.5 Å². The second-order valence-corrected chi connectivity index (χ2v) is 10.4. The number of hydrogen-bond acceptors (Lipinski definition) is 6. The summed E-state index contributed by atoms with van der Waals surface area (Å²) in [6.07, 6.45) is 0.140. The van der Waals surface area contributed by atoms with Gasteiger partial charge in [0.25, 0.3) is 0 Å². The van der Waals surface area contributed by atoms with Gasteiger partial charge in [-0.25, -0.2) is 13.4 Å². The lowest BCUT2D eigenvalue weighted by Gasteiger charge is -2.27. The summed E-state index contributed by atoms with van der Waals surface area (Å²) in [6.45, 7) is 3.59. The molecule has 0 aliphatic carbocycles. The molecular formula is C23H25N3O4S2. The van der Waals surface area contributed by atoms with Crippen molar-refractivity contribution in [2.75, 3.05) is 26.3 Å². The third-order valence-electron chi connectivity index (χ3n) is 5.19. The third-order valence-corrected chi connectivity index (χ3v) is 8.13. The van der Waals surface area contributed by atoms with E-state index in [4.69, 9.17) is 4.74 Å². The standard InChI is InChI=1S/C23H25N3O4S2/c1-17-5-4-7-18(13-17)23-25-20(16-31-23)14-22(27)24-15-19-6-2-3-8-21(19)32(28,29)26-9-11-30-12-10-26/h2-8,13,16H,9-12,14-15H2,1H3,(H,24,27). The number of morpholine rings is 1. The number of aromatic nitrogens is 1. The van der Waals surface area contributed by atoms with Crippen molar-refractivity contribution in [3.63, 3.8) is 0 Å². The highest BCUT2D eigenvalue weighted by molar-refractivity contribution is 7.89. The number of thiazole rings is 1. The summed E-state index contributed by atoms with van der Waals surface area (Å²) in [5, 5.41) is 5.60. The molecule has 7 nitrogen and oxygen atoms in total. The molecule has 1 fully saturated rings. The average Bonchev–Trinajstić information content (AvgIpc) is 3.27. The van der Waals surface area contributed by atoms with Crippen LogP contribution < -0.4 is 5.32 Å². The van der Waals surface area contributed by atoms with Gasteiger partial charge in [-0.1, -0.05) is 42.0 Å². The molecule has 3 aromatic rings. The molecule has 1 amide bonds. The first-order chi connectivity index (χ1) is 15.4. The molecule has 1 saturated heterocycles. The van der Waals surface area contributed by atoms with Crippen LogP contribution in [-0.4, -0.2) is 49.9 Å². The Morgan fingerprint density at radius 3 is 2.72 bits per heavy atom. The van der Waals surface area contributed by atoms with E-state index in [2.05, 4.69) is 16.4 Å². The van der Waals surface area contributed by atoms with Crippen LogP contribution in [0.1, 0.15) is 16.8 Å². The van der Waals surface area contributed by atoms with Gasteiger partial charge in [0.1, 0.15) is 5.01 Å². The molecule has 1 aromatic heterocycles. The molecule has 0 unspecified atom stereocenters. The monoisotopic (exact) mass is 471 g/mol. The van der Waals surface area contributed by atoms with E-state index in [-0.39, 0.29) is 23.8 Å². The lowest BCUT2D eigenvalue weighted by molar-refractivity contribution is -0.120. The fourth-order valence-electron chi connectivity index (χ4n) is 3.55. The van der Waals surface area contributed by atoms with Gasteiger partial charge in [-0.05, 0) is 24.6 Å². The number of rotatable bonds is 7. The molecule has 1 N–H and O–H groups in total. The van der Waals surface area contributed by atoms with Crippen LogP contribution in [0.15, 0.2) is 58.8 Å². The highest BCUT2D eigenvalue weighted by atomic mass is 32.2. The molecule has 1 aliphatic heterocycles. The highest BCUT2D eigenvalue weighted by Crippen LogP contribution is 2.25. The number of benzene rings is 2. The van der Waals surface area contributed by atoms with Gasteiger partial charge < -0.3 is 10.1 Å². The summed E-state index contributed by atoms with van der Waals surface area (Å²) >= 11 is 1.50. The number of hydrogen-bond donors (Lipinski definition) is 1. The van der Waals surface area contributed by atoms with E-state index < -0.39 is 10.0 Å². The van der Waals surface area contributed by atoms with Crippen molar-refractivity contribution in [3.8, 4) is 10.6 Å². The molecule has 0 bridgehead atoms. The molecule has 9 heteroatoms. The van der Waals surface area contributed by atoms with Crippen molar-refractivity contribution < 1.29 is 17.9 Å². The quantitative estimate of drug-likeness (QED) is 0.572. The number of nitrogens with one attached hydrogen (secondary N) is 1. The summed E-state index contributed by atoms with van der Waals surface area (Å²) < 4.78 is 32.8. The molecule has 32 heavy (non-hydrogen) atoms. The van der Waals surface area contributed by atoms with Crippen LogP contribution in [0.4, 0.5) is 0 Å². The predicted octanol–water partition coefficient (Wildman–Crippen LogP) is 3.00. The van der Waals surface area contributed by atoms with Gasteiger partial charge in [0.2, 0.25) is 15.9 Å². The number of sulfonamides is 1. The number of ether oxygens (including phenoxy) is 1. The third kappa shape index (κ3) is 5.24. The van der Waals surface area contributed by atoms with Gasteiger partial charge in [0, 0.05) is 30.6 Å². The summed E-state index contributed by atoms with van der Waals surface area (Å²) in [6, 6.07) is 14.9. The Labute approximate surface area is 192 Å². The molecule has 0 spiro atoms. The minimum absolute atomic E-state index is 0.132. The van der Waals surface area contributed by atoms with Crippen LogP contribution in [0.25, 0.3) is 10.6 Å². The number of carbonyl (C=O) groups is 1. The zero-order chi connectivity index (χ0) is 22.6. The summed E-state index contributed by atoms with van der Waals surface area (Å²) in [7, 11) is -3.64. The molecule has 0 atom stereocenters. The highest BCUT2D eigenvalue weighted by Gasteiger charge is 2.28. The molecule has 168 valence electrons. The van der Waals surface area contributed by atoms with Crippen molar-refractivity contribution >= 4 is 27.3 Å². The maximum Gasteiger partial charge on any atom is 0.243 e. The SMILES string of the molecule is Cc1cccc(-c2nc(CC(=O)NCc3ccccc3S(=O)(=O)N3CCOCC3)cs2)c1. The van der Waals surface area contributed by atoms with Crippen molar-refractivity contribution in [2.24, 2.45) is 0 Å².